The minimum absolute atomic E-state index is 0.0367. The monoisotopic (exact) mass is 595 g/mol. The third kappa shape index (κ3) is 8.03. The molecule has 3 rings (SSSR count). The largest absolute Gasteiger partial charge is 0.493 e. The molecule has 0 heterocycles. The average Bonchev–Trinajstić information content (AvgIpc) is 3.00. The summed E-state index contributed by atoms with van der Waals surface area (Å²) in [6.07, 6.45) is 2.09. The molecular weight excluding hydrogens is 554 g/mol. The summed E-state index contributed by atoms with van der Waals surface area (Å²) in [5, 5.41) is 2.93. The van der Waals surface area contributed by atoms with E-state index in [1.165, 1.54) is 37.3 Å². The number of unbranched alkanes of at least 4 members (excludes halogenated alkanes) is 1. The standard InChI is InChI=1S/C32H41N3O6S/c1-6-8-20-33-32(37)28(7-2)34(22-25-12-10-9-11-13-25)31(36)23-35(26-16-19-29(40-4)30(21-26)41-5)42(38,39)27-17-14-24(3)15-18-27/h9-19,21,28H,6-8,20,22-23H2,1-5H3,(H,33,37)/t28-/m0/s1. The first-order valence-electron chi connectivity index (χ1n) is 14.1. The normalized spacial score (nSPS) is 11.8. The first-order valence-corrected chi connectivity index (χ1v) is 15.5. The third-order valence-corrected chi connectivity index (χ3v) is 8.74. The van der Waals surface area contributed by atoms with Gasteiger partial charge in [-0.1, -0.05) is 68.3 Å². The highest BCUT2D eigenvalue weighted by molar-refractivity contribution is 7.92. The maximum Gasteiger partial charge on any atom is 0.264 e. The Bertz CT molecular complexity index is 1430. The number of nitrogens with zero attached hydrogens (tertiary/aromatic N) is 2. The number of ether oxygens (including phenoxy) is 2. The molecule has 3 aromatic carbocycles. The van der Waals surface area contributed by atoms with Crippen LogP contribution >= 0.6 is 0 Å². The molecule has 226 valence electrons. The maximum atomic E-state index is 14.2. The molecule has 9 nitrogen and oxygen atoms in total. The van der Waals surface area contributed by atoms with Crippen LogP contribution in [0.2, 0.25) is 0 Å². The van der Waals surface area contributed by atoms with E-state index < -0.39 is 28.5 Å². The smallest absolute Gasteiger partial charge is 0.264 e. The van der Waals surface area contributed by atoms with Gasteiger partial charge in [-0.25, -0.2) is 8.42 Å². The van der Waals surface area contributed by atoms with E-state index in [1.54, 1.807) is 24.3 Å². The van der Waals surface area contributed by atoms with E-state index in [0.29, 0.717) is 24.5 Å². The van der Waals surface area contributed by atoms with Crippen LogP contribution in [0.3, 0.4) is 0 Å². The van der Waals surface area contributed by atoms with Crippen molar-refractivity contribution in [1.29, 1.82) is 0 Å². The summed E-state index contributed by atoms with van der Waals surface area (Å²) >= 11 is 0. The van der Waals surface area contributed by atoms with E-state index in [2.05, 4.69) is 5.32 Å². The van der Waals surface area contributed by atoms with Gasteiger partial charge in [-0.15, -0.1) is 0 Å². The summed E-state index contributed by atoms with van der Waals surface area (Å²) in [5.74, 6) is -0.0497. The molecule has 10 heteroatoms. The maximum absolute atomic E-state index is 14.2. The summed E-state index contributed by atoms with van der Waals surface area (Å²) < 4.78 is 40.0. The van der Waals surface area contributed by atoms with Gasteiger partial charge in [0.25, 0.3) is 10.0 Å². The van der Waals surface area contributed by atoms with Crippen molar-refractivity contribution in [1.82, 2.24) is 10.2 Å². The molecule has 0 radical (unpaired) electrons. The van der Waals surface area contributed by atoms with Crippen molar-refractivity contribution in [3.05, 3.63) is 83.9 Å². The number of rotatable bonds is 15. The highest BCUT2D eigenvalue weighted by atomic mass is 32.2. The minimum Gasteiger partial charge on any atom is -0.493 e. The van der Waals surface area contributed by atoms with Gasteiger partial charge in [-0.3, -0.25) is 13.9 Å². The highest BCUT2D eigenvalue weighted by Gasteiger charge is 2.34. The molecule has 0 aliphatic rings. The van der Waals surface area contributed by atoms with Crippen molar-refractivity contribution in [2.75, 3.05) is 31.6 Å². The quantitative estimate of drug-likeness (QED) is 0.250. The number of carbonyl (C=O) groups is 2. The minimum atomic E-state index is -4.20. The topological polar surface area (TPSA) is 105 Å². The molecule has 0 bridgehead atoms. The van der Waals surface area contributed by atoms with Crippen LogP contribution in [-0.4, -0.2) is 58.5 Å². The number of amides is 2. The lowest BCUT2D eigenvalue weighted by molar-refractivity contribution is -0.140. The number of sulfonamides is 1. The van der Waals surface area contributed by atoms with Gasteiger partial charge in [-0.2, -0.15) is 0 Å². The second-order valence-corrected chi connectivity index (χ2v) is 11.8. The van der Waals surface area contributed by atoms with Crippen molar-refractivity contribution >= 4 is 27.5 Å². The Morgan fingerprint density at radius 3 is 2.17 bits per heavy atom. The van der Waals surface area contributed by atoms with Crippen LogP contribution in [0.1, 0.15) is 44.2 Å². The van der Waals surface area contributed by atoms with Gasteiger partial charge in [0.05, 0.1) is 24.8 Å². The number of methoxy groups -OCH3 is 2. The van der Waals surface area contributed by atoms with Crippen molar-refractivity contribution in [2.45, 2.75) is 57.5 Å². The SMILES string of the molecule is CCCCNC(=O)[C@H](CC)N(Cc1ccccc1)C(=O)CN(c1ccc(OC)c(OC)c1)S(=O)(=O)c1ccc(C)cc1. The molecule has 42 heavy (non-hydrogen) atoms. The molecule has 2 amide bonds. The van der Waals surface area contributed by atoms with Crippen LogP contribution in [0, 0.1) is 6.92 Å². The zero-order valence-electron chi connectivity index (χ0n) is 25.0. The van der Waals surface area contributed by atoms with Crippen LogP contribution in [-0.2, 0) is 26.2 Å². The lowest BCUT2D eigenvalue weighted by Crippen LogP contribution is -2.52. The number of nitrogens with one attached hydrogen (secondary N) is 1. The molecule has 0 saturated carbocycles. The number of benzene rings is 3. The van der Waals surface area contributed by atoms with E-state index in [-0.39, 0.29) is 23.0 Å². The Balaban J connectivity index is 2.08. The Morgan fingerprint density at radius 1 is 0.905 bits per heavy atom. The first kappa shape index (κ1) is 32.5. The molecule has 3 aromatic rings. The van der Waals surface area contributed by atoms with Crippen molar-refractivity contribution < 1.29 is 27.5 Å². The predicted octanol–water partition coefficient (Wildman–Crippen LogP) is 4.93. The van der Waals surface area contributed by atoms with E-state index in [4.69, 9.17) is 9.47 Å². The summed E-state index contributed by atoms with van der Waals surface area (Å²) in [5.41, 5.74) is 1.95. The molecule has 0 aliphatic carbocycles. The molecule has 0 spiro atoms. The van der Waals surface area contributed by atoms with E-state index in [1.807, 2.05) is 51.1 Å². The summed E-state index contributed by atoms with van der Waals surface area (Å²) in [6, 6.07) is 19.7. The van der Waals surface area contributed by atoms with Gasteiger partial charge in [0.1, 0.15) is 12.6 Å². The van der Waals surface area contributed by atoms with Gasteiger partial charge in [0.15, 0.2) is 11.5 Å². The fourth-order valence-corrected chi connectivity index (χ4v) is 5.96. The Hall–Kier alpha value is -4.05. The lowest BCUT2D eigenvalue weighted by atomic mass is 10.1. The first-order chi connectivity index (χ1) is 20.2. The molecule has 0 unspecified atom stereocenters. The van der Waals surface area contributed by atoms with Crippen LogP contribution < -0.4 is 19.1 Å². The van der Waals surface area contributed by atoms with Crippen LogP contribution in [0.5, 0.6) is 11.5 Å². The summed E-state index contributed by atoms with van der Waals surface area (Å²) in [6.45, 7) is 5.85. The number of carbonyl (C=O) groups excluding carboxylic acids is 2. The van der Waals surface area contributed by atoms with Crippen LogP contribution in [0.4, 0.5) is 5.69 Å². The van der Waals surface area contributed by atoms with Gasteiger partial charge >= 0.3 is 0 Å². The van der Waals surface area contributed by atoms with Crippen LogP contribution in [0.25, 0.3) is 0 Å². The number of hydrogen-bond donors (Lipinski definition) is 1. The van der Waals surface area contributed by atoms with Gasteiger partial charge in [0, 0.05) is 19.2 Å². The zero-order valence-corrected chi connectivity index (χ0v) is 25.8. The molecule has 1 N–H and O–H groups in total. The van der Waals surface area contributed by atoms with Gasteiger partial charge in [-0.05, 0) is 49.6 Å². The van der Waals surface area contributed by atoms with Gasteiger partial charge in [0.2, 0.25) is 11.8 Å². The van der Waals surface area contributed by atoms with Crippen molar-refractivity contribution in [3.63, 3.8) is 0 Å². The Kier molecular flexibility index (Phi) is 11.8. The second-order valence-electron chi connectivity index (χ2n) is 9.94. The summed E-state index contributed by atoms with van der Waals surface area (Å²) in [7, 11) is -1.26. The molecule has 0 aliphatic heterocycles. The molecule has 0 aromatic heterocycles. The molecule has 0 fully saturated rings. The lowest BCUT2D eigenvalue weighted by Gasteiger charge is -2.33. The molecule has 0 saturated heterocycles. The highest BCUT2D eigenvalue weighted by Crippen LogP contribution is 2.34. The van der Waals surface area contributed by atoms with E-state index in [0.717, 1.165) is 28.3 Å². The molecule has 1 atom stereocenters. The average molecular weight is 596 g/mol. The fourth-order valence-electron chi connectivity index (χ4n) is 4.55. The predicted molar refractivity (Wildman–Crippen MR) is 164 cm³/mol. The Morgan fingerprint density at radius 2 is 1.57 bits per heavy atom. The number of hydrogen-bond acceptors (Lipinski definition) is 6. The van der Waals surface area contributed by atoms with Crippen molar-refractivity contribution in [3.8, 4) is 11.5 Å². The molecular formula is C32H41N3O6S. The third-order valence-electron chi connectivity index (χ3n) is 6.95. The van der Waals surface area contributed by atoms with Crippen LogP contribution in [0.15, 0.2) is 77.7 Å². The fraction of sp³-hybridized carbons (Fsp3) is 0.375. The zero-order chi connectivity index (χ0) is 30.7. The van der Waals surface area contributed by atoms with Crippen molar-refractivity contribution in [2.24, 2.45) is 0 Å². The number of aryl methyl sites for hydroxylation is 1. The van der Waals surface area contributed by atoms with E-state index in [9.17, 15) is 18.0 Å². The van der Waals surface area contributed by atoms with E-state index >= 15 is 0 Å². The second kappa shape index (κ2) is 15.3. The van der Waals surface area contributed by atoms with Gasteiger partial charge < -0.3 is 19.7 Å². The Labute approximate surface area is 249 Å². The summed E-state index contributed by atoms with van der Waals surface area (Å²) in [4.78, 5) is 28.9. The number of anilines is 1.